The Balaban J connectivity index is 1.39. The second-order valence-corrected chi connectivity index (χ2v) is 14.2. The first kappa shape index (κ1) is 37.0. The first-order chi connectivity index (χ1) is 25.9. The molecule has 5 aromatic rings. The Kier molecular flexibility index (Phi) is 12.7. The van der Waals surface area contributed by atoms with Crippen LogP contribution in [0.4, 0.5) is 0 Å². The SMILES string of the molecule is COc1ccc(C[Se][C@@H]2O[C@H](COC(=O)c3ccccc3)[C@@H](OC(=O)c3ccccc3)[C@H](OC(=O)c3ccccc3)[C@H]2OC(=O)c2ccccc2)cc1. The van der Waals surface area contributed by atoms with E-state index in [1.165, 1.54) is 0 Å². The van der Waals surface area contributed by atoms with E-state index in [2.05, 4.69) is 0 Å². The topological polar surface area (TPSA) is 124 Å². The molecule has 1 aliphatic rings. The molecule has 0 bridgehead atoms. The average molecular weight is 780 g/mol. The Hall–Kier alpha value is -5.74. The standard InChI is InChI=1S/C42H36O10Se/c1-47-33-24-22-28(23-25-33)27-53-42-37(52-41(46)32-20-12-5-13-21-32)36(51-40(45)31-18-10-4-11-19-31)35(50-39(44)30-16-8-3-9-17-30)34(49-42)26-48-38(43)29-14-6-2-7-15-29/h2-25,34-37,42H,26-27H2,1H3/t34-,35-,36+,37-,42+/m1/s1. The molecule has 0 aliphatic carbocycles. The van der Waals surface area contributed by atoms with Crippen molar-refractivity contribution in [3.05, 3.63) is 173 Å². The molecule has 5 atom stereocenters. The van der Waals surface area contributed by atoms with E-state index in [9.17, 15) is 19.2 Å². The van der Waals surface area contributed by atoms with Gasteiger partial charge in [0.05, 0.1) is 0 Å². The number of ether oxygens (including phenoxy) is 6. The Morgan fingerprint density at radius 1 is 0.528 bits per heavy atom. The first-order valence-electron chi connectivity index (χ1n) is 16.8. The van der Waals surface area contributed by atoms with Crippen LogP contribution in [0.25, 0.3) is 0 Å². The van der Waals surface area contributed by atoms with Gasteiger partial charge in [-0.15, -0.1) is 0 Å². The molecular formula is C42H36O10Se. The Morgan fingerprint density at radius 3 is 1.40 bits per heavy atom. The quantitative estimate of drug-likeness (QED) is 0.0781. The zero-order valence-electron chi connectivity index (χ0n) is 28.6. The normalized spacial score (nSPS) is 19.3. The van der Waals surface area contributed by atoms with Crippen molar-refractivity contribution < 1.29 is 47.6 Å². The summed E-state index contributed by atoms with van der Waals surface area (Å²) in [6.45, 7) is -0.367. The van der Waals surface area contributed by atoms with Gasteiger partial charge < -0.3 is 0 Å². The van der Waals surface area contributed by atoms with E-state index in [0.717, 1.165) is 5.56 Å². The third kappa shape index (κ3) is 9.78. The van der Waals surface area contributed by atoms with Gasteiger partial charge in [0.1, 0.15) is 0 Å². The number of carbonyl (C=O) groups excluding carboxylic acids is 4. The number of esters is 4. The van der Waals surface area contributed by atoms with Gasteiger partial charge in [0.25, 0.3) is 0 Å². The number of hydrogen-bond donors (Lipinski definition) is 0. The zero-order valence-corrected chi connectivity index (χ0v) is 30.4. The molecule has 1 saturated heterocycles. The number of benzene rings is 5. The van der Waals surface area contributed by atoms with Crippen LogP contribution in [0.3, 0.4) is 0 Å². The predicted octanol–water partition coefficient (Wildman–Crippen LogP) is 6.16. The third-order valence-corrected chi connectivity index (χ3v) is 10.8. The summed E-state index contributed by atoms with van der Waals surface area (Å²) in [5.74, 6) is -2.10. The molecule has 0 saturated carbocycles. The van der Waals surface area contributed by atoms with E-state index in [1.807, 2.05) is 24.3 Å². The maximum absolute atomic E-state index is 13.8. The van der Waals surface area contributed by atoms with Gasteiger partial charge in [-0.2, -0.15) is 0 Å². The van der Waals surface area contributed by atoms with Crippen LogP contribution < -0.4 is 4.74 Å². The number of hydrogen-bond acceptors (Lipinski definition) is 10. The Bertz CT molecular complexity index is 1960. The fourth-order valence-corrected chi connectivity index (χ4v) is 8.02. The molecule has 1 heterocycles. The van der Waals surface area contributed by atoms with Gasteiger partial charge in [0.15, 0.2) is 0 Å². The monoisotopic (exact) mass is 780 g/mol. The molecule has 1 fully saturated rings. The predicted molar refractivity (Wildman–Crippen MR) is 195 cm³/mol. The minimum absolute atomic E-state index is 0.226. The van der Waals surface area contributed by atoms with E-state index in [0.29, 0.717) is 16.6 Å². The van der Waals surface area contributed by atoms with Gasteiger partial charge in [-0.1, -0.05) is 0 Å². The molecule has 10 nitrogen and oxygen atoms in total. The van der Waals surface area contributed by atoms with Crippen molar-refractivity contribution in [2.45, 2.75) is 34.7 Å². The van der Waals surface area contributed by atoms with Gasteiger partial charge in [-0.25, -0.2) is 0 Å². The van der Waals surface area contributed by atoms with Gasteiger partial charge in [0, 0.05) is 0 Å². The minimum atomic E-state index is -1.38. The molecule has 0 N–H and O–H groups in total. The summed E-state index contributed by atoms with van der Waals surface area (Å²) < 4.78 is 36.2. The van der Waals surface area contributed by atoms with Crippen LogP contribution in [0.2, 0.25) is 0 Å². The summed E-state index contributed by atoms with van der Waals surface area (Å²) in [5, 5.41) is -0.330. The molecular weight excluding hydrogens is 743 g/mol. The van der Waals surface area contributed by atoms with Crippen molar-refractivity contribution in [1.29, 1.82) is 0 Å². The van der Waals surface area contributed by atoms with Crippen LogP contribution >= 0.6 is 0 Å². The van der Waals surface area contributed by atoms with Crippen LogP contribution in [-0.2, 0) is 29.0 Å². The summed E-state index contributed by atoms with van der Waals surface area (Å²) in [6.07, 6.45) is -5.11. The van der Waals surface area contributed by atoms with Crippen LogP contribution in [-0.4, -0.2) is 82.0 Å². The molecule has 0 radical (unpaired) electrons. The molecule has 0 spiro atoms. The van der Waals surface area contributed by atoms with Gasteiger partial charge in [-0.3, -0.25) is 0 Å². The molecule has 11 heteroatoms. The van der Waals surface area contributed by atoms with E-state index in [4.69, 9.17) is 28.4 Å². The van der Waals surface area contributed by atoms with Crippen molar-refractivity contribution in [1.82, 2.24) is 0 Å². The summed E-state index contributed by atoms with van der Waals surface area (Å²) in [6, 6.07) is 40.9. The van der Waals surface area contributed by atoms with Crippen molar-refractivity contribution >= 4 is 38.8 Å². The molecule has 0 unspecified atom stereocenters. The molecule has 0 aromatic heterocycles. The number of carbonyl (C=O) groups is 4. The first-order valence-corrected chi connectivity index (χ1v) is 19.0. The second-order valence-electron chi connectivity index (χ2n) is 11.9. The van der Waals surface area contributed by atoms with Gasteiger partial charge >= 0.3 is 314 Å². The number of methoxy groups -OCH3 is 1. The third-order valence-electron chi connectivity index (χ3n) is 8.31. The Labute approximate surface area is 313 Å². The maximum atomic E-state index is 13.8. The summed E-state index contributed by atoms with van der Waals surface area (Å²) in [4.78, 5) is 54.3. The zero-order chi connectivity index (χ0) is 37.0. The Morgan fingerprint density at radius 2 is 0.943 bits per heavy atom. The van der Waals surface area contributed by atoms with Crippen molar-refractivity contribution in [2.24, 2.45) is 0 Å². The summed E-state index contributed by atoms with van der Waals surface area (Å²) in [5.41, 5.74) is 1.99. The van der Waals surface area contributed by atoms with E-state index >= 15 is 0 Å². The number of rotatable bonds is 13. The van der Waals surface area contributed by atoms with Crippen LogP contribution in [0.5, 0.6) is 5.75 Å². The fraction of sp³-hybridized carbons (Fsp3) is 0.190. The van der Waals surface area contributed by atoms with Crippen LogP contribution in [0.1, 0.15) is 47.0 Å². The van der Waals surface area contributed by atoms with Gasteiger partial charge in [-0.05, 0) is 0 Å². The van der Waals surface area contributed by atoms with Crippen molar-refractivity contribution in [3.8, 4) is 5.75 Å². The molecule has 270 valence electrons. The van der Waals surface area contributed by atoms with Crippen LogP contribution in [0.15, 0.2) is 146 Å². The van der Waals surface area contributed by atoms with Gasteiger partial charge in [0.2, 0.25) is 0 Å². The van der Waals surface area contributed by atoms with Crippen molar-refractivity contribution in [2.75, 3.05) is 13.7 Å². The van der Waals surface area contributed by atoms with Crippen molar-refractivity contribution in [3.63, 3.8) is 0 Å². The summed E-state index contributed by atoms with van der Waals surface area (Å²) >= 11 is -0.469. The van der Waals surface area contributed by atoms with Crippen LogP contribution in [0, 0.1) is 0 Å². The molecule has 5 aromatic carbocycles. The molecule has 1 aliphatic heterocycles. The molecule has 0 amide bonds. The summed E-state index contributed by atoms with van der Waals surface area (Å²) in [7, 11) is 1.59. The van der Waals surface area contributed by atoms with E-state index < -0.39 is 68.3 Å². The molecule has 53 heavy (non-hydrogen) atoms. The molecule has 6 rings (SSSR count). The van der Waals surface area contributed by atoms with E-state index in [-0.39, 0.29) is 23.3 Å². The second kappa shape index (κ2) is 18.1. The van der Waals surface area contributed by atoms with E-state index in [1.54, 1.807) is 128 Å². The average Bonchev–Trinajstić information content (AvgIpc) is 3.22. The fourth-order valence-electron chi connectivity index (χ4n) is 5.56.